The molecule has 0 heterocycles. The van der Waals surface area contributed by atoms with E-state index >= 15 is 0 Å². The molecule has 0 amide bonds. The highest BCUT2D eigenvalue weighted by atomic mass is 32.2. The maximum absolute atomic E-state index is 11.7. The first kappa shape index (κ1) is 17.8. The Kier molecular flexibility index (Phi) is 6.44. The second-order valence-corrected chi connectivity index (χ2v) is 6.48. The van der Waals surface area contributed by atoms with Crippen molar-refractivity contribution < 1.29 is 32.4 Å². The van der Waals surface area contributed by atoms with Gasteiger partial charge in [0.15, 0.2) is 5.25 Å². The fraction of sp³-hybridized carbons (Fsp3) is 0.818. The minimum atomic E-state index is -4.81. The zero-order chi connectivity index (χ0) is 15.3. The van der Waals surface area contributed by atoms with Crippen LogP contribution in [0.25, 0.3) is 0 Å². The number of unbranched alkanes of at least 4 members (excludes halogenated alkanes) is 1. The molecule has 0 radical (unpaired) electrons. The highest BCUT2D eigenvalue weighted by Crippen LogP contribution is 2.20. The Morgan fingerprint density at radius 1 is 1.32 bits per heavy atom. The fourth-order valence-electron chi connectivity index (χ4n) is 1.46. The monoisotopic (exact) mass is 296 g/mol. The number of ether oxygens (including phenoxy) is 1. The summed E-state index contributed by atoms with van der Waals surface area (Å²) in [5.74, 6) is -2.75. The van der Waals surface area contributed by atoms with Gasteiger partial charge in [-0.15, -0.1) is 0 Å². The molecular weight excluding hydrogens is 276 g/mol. The second-order valence-electron chi connectivity index (χ2n) is 4.89. The SMILES string of the molecule is CCCCC(C)(C)OC(=O)C(CC(=O)O)S(=O)(=O)O. The zero-order valence-corrected chi connectivity index (χ0v) is 12.1. The van der Waals surface area contributed by atoms with Crippen molar-refractivity contribution in [2.75, 3.05) is 0 Å². The van der Waals surface area contributed by atoms with Crippen LogP contribution in [0.2, 0.25) is 0 Å². The molecule has 0 saturated carbocycles. The lowest BCUT2D eigenvalue weighted by molar-refractivity contribution is -0.158. The van der Waals surface area contributed by atoms with Crippen LogP contribution in [0.3, 0.4) is 0 Å². The normalized spacial score (nSPS) is 13.9. The van der Waals surface area contributed by atoms with Crippen LogP contribution in [-0.4, -0.2) is 40.9 Å². The van der Waals surface area contributed by atoms with Gasteiger partial charge in [0.1, 0.15) is 5.60 Å². The van der Waals surface area contributed by atoms with Crippen LogP contribution in [0.5, 0.6) is 0 Å². The van der Waals surface area contributed by atoms with E-state index < -0.39 is 39.3 Å². The quantitative estimate of drug-likeness (QED) is 0.510. The summed E-state index contributed by atoms with van der Waals surface area (Å²) in [5, 5.41) is 6.46. The Morgan fingerprint density at radius 2 is 1.84 bits per heavy atom. The third-order valence-corrected chi connectivity index (χ3v) is 3.57. The van der Waals surface area contributed by atoms with E-state index in [0.717, 1.165) is 12.8 Å². The Balaban J connectivity index is 4.88. The molecule has 8 heteroatoms. The van der Waals surface area contributed by atoms with Gasteiger partial charge in [0, 0.05) is 0 Å². The van der Waals surface area contributed by atoms with Crippen LogP contribution in [0.15, 0.2) is 0 Å². The van der Waals surface area contributed by atoms with Crippen molar-refractivity contribution in [3.05, 3.63) is 0 Å². The summed E-state index contributed by atoms with van der Waals surface area (Å²) < 4.78 is 35.9. The van der Waals surface area contributed by atoms with Crippen molar-refractivity contribution in [3.8, 4) is 0 Å². The lowest BCUT2D eigenvalue weighted by atomic mass is 10.0. The number of carbonyl (C=O) groups excluding carboxylic acids is 1. The van der Waals surface area contributed by atoms with Crippen molar-refractivity contribution in [2.45, 2.75) is 57.3 Å². The Hall–Kier alpha value is -1.15. The summed E-state index contributed by atoms with van der Waals surface area (Å²) in [5.41, 5.74) is -0.908. The van der Waals surface area contributed by atoms with E-state index in [4.69, 9.17) is 14.4 Å². The molecule has 1 atom stereocenters. The first-order valence-corrected chi connectivity index (χ1v) is 7.41. The summed E-state index contributed by atoms with van der Waals surface area (Å²) in [6.07, 6.45) is 1.13. The number of aliphatic carboxylic acids is 1. The van der Waals surface area contributed by atoms with Crippen LogP contribution in [0, 0.1) is 0 Å². The summed E-state index contributed by atoms with van der Waals surface area (Å²) in [6.45, 7) is 5.15. The third-order valence-electron chi connectivity index (χ3n) is 2.49. The molecule has 0 fully saturated rings. The van der Waals surface area contributed by atoms with Crippen molar-refractivity contribution in [3.63, 3.8) is 0 Å². The molecule has 7 nitrogen and oxygen atoms in total. The molecule has 0 aromatic carbocycles. The Bertz CT molecular complexity index is 424. The molecular formula is C11H20O7S. The summed E-state index contributed by atoms with van der Waals surface area (Å²) in [7, 11) is -4.81. The van der Waals surface area contributed by atoms with Crippen LogP contribution in [0.4, 0.5) is 0 Å². The van der Waals surface area contributed by atoms with Gasteiger partial charge in [0.2, 0.25) is 0 Å². The van der Waals surface area contributed by atoms with E-state index in [0.29, 0.717) is 6.42 Å². The summed E-state index contributed by atoms with van der Waals surface area (Å²) >= 11 is 0. The molecule has 112 valence electrons. The molecule has 0 aliphatic carbocycles. The van der Waals surface area contributed by atoms with E-state index in [2.05, 4.69) is 0 Å². The summed E-state index contributed by atoms with van der Waals surface area (Å²) in [6, 6.07) is 0. The first-order valence-electron chi connectivity index (χ1n) is 5.90. The summed E-state index contributed by atoms with van der Waals surface area (Å²) in [4.78, 5) is 22.2. The lowest BCUT2D eigenvalue weighted by Gasteiger charge is -2.26. The molecule has 19 heavy (non-hydrogen) atoms. The van der Waals surface area contributed by atoms with E-state index in [-0.39, 0.29) is 0 Å². The molecule has 0 bridgehead atoms. The van der Waals surface area contributed by atoms with Gasteiger partial charge >= 0.3 is 11.9 Å². The van der Waals surface area contributed by atoms with Gasteiger partial charge in [-0.2, -0.15) is 8.42 Å². The molecule has 0 spiro atoms. The number of carboxylic acid groups (broad SMARTS) is 1. The number of esters is 1. The Labute approximate surface area is 112 Å². The van der Waals surface area contributed by atoms with Crippen LogP contribution < -0.4 is 0 Å². The minimum absolute atomic E-state index is 0.514. The number of hydrogen-bond acceptors (Lipinski definition) is 5. The van der Waals surface area contributed by atoms with Gasteiger partial charge < -0.3 is 9.84 Å². The molecule has 1 unspecified atom stereocenters. The van der Waals surface area contributed by atoms with Crippen LogP contribution in [0.1, 0.15) is 46.5 Å². The number of rotatable bonds is 8. The van der Waals surface area contributed by atoms with Crippen LogP contribution >= 0.6 is 0 Å². The third kappa shape index (κ3) is 7.12. The molecule has 0 aliphatic rings. The van der Waals surface area contributed by atoms with Crippen LogP contribution in [-0.2, 0) is 24.4 Å². The number of carboxylic acids is 1. The predicted molar refractivity (Wildman–Crippen MR) is 67.3 cm³/mol. The Morgan fingerprint density at radius 3 is 2.21 bits per heavy atom. The first-order chi connectivity index (χ1) is 8.49. The fourth-order valence-corrected chi connectivity index (χ4v) is 2.10. The topological polar surface area (TPSA) is 118 Å². The largest absolute Gasteiger partial charge is 0.481 e. The maximum Gasteiger partial charge on any atom is 0.327 e. The highest BCUT2D eigenvalue weighted by molar-refractivity contribution is 7.87. The molecule has 0 aromatic heterocycles. The van der Waals surface area contributed by atoms with Gasteiger partial charge in [0.25, 0.3) is 10.1 Å². The standard InChI is InChI=1S/C11H20O7S/c1-4-5-6-11(2,3)18-10(14)8(7-9(12)13)19(15,16)17/h8H,4-7H2,1-3H3,(H,12,13)(H,15,16,17). The van der Waals surface area contributed by atoms with Gasteiger partial charge in [-0.25, -0.2) is 0 Å². The van der Waals surface area contributed by atoms with Gasteiger partial charge in [-0.1, -0.05) is 13.3 Å². The van der Waals surface area contributed by atoms with E-state index in [1.807, 2.05) is 6.92 Å². The molecule has 0 aromatic rings. The average molecular weight is 296 g/mol. The maximum atomic E-state index is 11.7. The zero-order valence-electron chi connectivity index (χ0n) is 11.2. The average Bonchev–Trinajstić information content (AvgIpc) is 2.20. The smallest absolute Gasteiger partial charge is 0.327 e. The second kappa shape index (κ2) is 6.85. The van der Waals surface area contributed by atoms with Crippen molar-refractivity contribution in [1.29, 1.82) is 0 Å². The molecule has 2 N–H and O–H groups in total. The minimum Gasteiger partial charge on any atom is -0.481 e. The van der Waals surface area contributed by atoms with Gasteiger partial charge in [0.05, 0.1) is 6.42 Å². The lowest BCUT2D eigenvalue weighted by Crippen LogP contribution is -2.39. The number of hydrogen-bond donors (Lipinski definition) is 2. The van der Waals surface area contributed by atoms with E-state index in [1.165, 1.54) is 0 Å². The predicted octanol–water partition coefficient (Wildman–Crippen LogP) is 1.23. The van der Waals surface area contributed by atoms with Crippen molar-refractivity contribution in [2.24, 2.45) is 0 Å². The molecule has 0 saturated heterocycles. The van der Waals surface area contributed by atoms with Crippen molar-refractivity contribution in [1.82, 2.24) is 0 Å². The molecule has 0 aliphatic heterocycles. The number of carbonyl (C=O) groups is 2. The van der Waals surface area contributed by atoms with Crippen molar-refractivity contribution >= 4 is 22.1 Å². The highest BCUT2D eigenvalue weighted by Gasteiger charge is 2.37. The molecule has 0 rings (SSSR count). The van der Waals surface area contributed by atoms with Gasteiger partial charge in [-0.05, 0) is 26.7 Å². The van der Waals surface area contributed by atoms with E-state index in [1.54, 1.807) is 13.8 Å². The van der Waals surface area contributed by atoms with E-state index in [9.17, 15) is 18.0 Å². The van der Waals surface area contributed by atoms with Gasteiger partial charge in [-0.3, -0.25) is 14.1 Å².